The monoisotopic (exact) mass is 650 g/mol. The van der Waals surface area contributed by atoms with Gasteiger partial charge in [0.2, 0.25) is 11.8 Å². The molecule has 0 bridgehead atoms. The summed E-state index contributed by atoms with van der Waals surface area (Å²) in [4.78, 5) is 47.4. The fourth-order valence-corrected chi connectivity index (χ4v) is 6.88. The number of aromatic nitrogens is 2. The lowest BCUT2D eigenvalue weighted by Gasteiger charge is -2.29. The minimum atomic E-state index is -0.636. The molecule has 47 heavy (non-hydrogen) atoms. The van der Waals surface area contributed by atoms with Crippen LogP contribution in [0.3, 0.4) is 0 Å². The second-order valence-corrected chi connectivity index (χ2v) is 12.6. The predicted molar refractivity (Wildman–Crippen MR) is 175 cm³/mol. The Morgan fingerprint density at radius 2 is 1.74 bits per heavy atom. The van der Waals surface area contributed by atoms with Crippen LogP contribution in [0.25, 0.3) is 31.9 Å². The van der Waals surface area contributed by atoms with Crippen molar-refractivity contribution in [3.05, 3.63) is 102 Å². The van der Waals surface area contributed by atoms with Crippen LogP contribution in [0.2, 0.25) is 0 Å². The minimum absolute atomic E-state index is 0.204. The van der Waals surface area contributed by atoms with Crippen LogP contribution in [0.4, 0.5) is 4.39 Å². The van der Waals surface area contributed by atoms with Gasteiger partial charge in [0, 0.05) is 48.2 Å². The maximum absolute atomic E-state index is 13.5. The quantitative estimate of drug-likeness (QED) is 0.139. The van der Waals surface area contributed by atoms with Crippen LogP contribution in [-0.2, 0) is 27.3 Å². The van der Waals surface area contributed by atoms with Gasteiger partial charge in [-0.1, -0.05) is 30.3 Å². The van der Waals surface area contributed by atoms with E-state index in [1.165, 1.54) is 28.4 Å². The Hall–Kier alpha value is -5.00. The normalized spacial score (nSPS) is 16.1. The van der Waals surface area contributed by atoms with E-state index in [9.17, 15) is 18.8 Å². The van der Waals surface area contributed by atoms with Crippen molar-refractivity contribution in [1.82, 2.24) is 20.2 Å². The van der Waals surface area contributed by atoms with Gasteiger partial charge < -0.3 is 14.4 Å². The lowest BCUT2D eigenvalue weighted by Crippen LogP contribution is -2.52. The largest absolute Gasteiger partial charge is 0.491 e. The SMILES string of the molecule is O=C1CCC(N2Cc3cc(OCCOCCCc4ccc(-c5ccc(-c6nc7ccc(F)cc7s6)cc5)cn4)ccc3C2=O)C(=O)N1. The van der Waals surface area contributed by atoms with Gasteiger partial charge >= 0.3 is 0 Å². The summed E-state index contributed by atoms with van der Waals surface area (Å²) in [7, 11) is 0. The first-order valence-electron chi connectivity index (χ1n) is 15.5. The molecule has 3 amide bonds. The zero-order valence-corrected chi connectivity index (χ0v) is 26.2. The number of carbonyl (C=O) groups is 3. The molecule has 5 aromatic rings. The fourth-order valence-electron chi connectivity index (χ4n) is 5.89. The molecule has 0 aliphatic carbocycles. The van der Waals surface area contributed by atoms with E-state index >= 15 is 0 Å². The molecule has 1 N–H and O–H groups in total. The number of benzene rings is 3. The van der Waals surface area contributed by atoms with E-state index in [2.05, 4.69) is 21.4 Å². The molecule has 2 aliphatic rings. The van der Waals surface area contributed by atoms with Crippen molar-refractivity contribution >= 4 is 39.3 Å². The number of ether oxygens (including phenoxy) is 2. The third-order valence-electron chi connectivity index (χ3n) is 8.35. The van der Waals surface area contributed by atoms with Gasteiger partial charge in [0.15, 0.2) is 0 Å². The molecular weight excluding hydrogens is 619 g/mol. The summed E-state index contributed by atoms with van der Waals surface area (Å²) in [5.41, 5.74) is 6.23. The number of nitrogens with one attached hydrogen (secondary N) is 1. The van der Waals surface area contributed by atoms with Gasteiger partial charge in [-0.15, -0.1) is 11.3 Å². The number of piperidine rings is 1. The van der Waals surface area contributed by atoms with E-state index in [-0.39, 0.29) is 24.1 Å². The summed E-state index contributed by atoms with van der Waals surface area (Å²) in [6, 6.07) is 21.6. The van der Waals surface area contributed by atoms with E-state index in [4.69, 9.17) is 9.47 Å². The Balaban J connectivity index is 0.828. The summed E-state index contributed by atoms with van der Waals surface area (Å²) in [6.07, 6.45) is 4.06. The number of thiazole rings is 1. The van der Waals surface area contributed by atoms with Crippen LogP contribution in [-0.4, -0.2) is 58.5 Å². The zero-order chi connectivity index (χ0) is 32.3. The molecule has 4 heterocycles. The Kier molecular flexibility index (Phi) is 8.73. The number of carbonyl (C=O) groups excluding carboxylic acids is 3. The Labute approximate surface area is 274 Å². The molecule has 7 rings (SSSR count). The molecule has 0 spiro atoms. The van der Waals surface area contributed by atoms with Crippen molar-refractivity contribution in [1.29, 1.82) is 0 Å². The average Bonchev–Trinajstić information content (AvgIpc) is 3.65. The third kappa shape index (κ3) is 6.77. The predicted octanol–water partition coefficient (Wildman–Crippen LogP) is 5.95. The highest BCUT2D eigenvalue weighted by Crippen LogP contribution is 2.32. The highest BCUT2D eigenvalue weighted by Gasteiger charge is 2.39. The number of pyridine rings is 1. The topological polar surface area (TPSA) is 111 Å². The van der Waals surface area contributed by atoms with Crippen LogP contribution in [0.5, 0.6) is 5.75 Å². The van der Waals surface area contributed by atoms with Crippen LogP contribution in [0, 0.1) is 5.82 Å². The first kappa shape index (κ1) is 30.6. The number of rotatable bonds is 11. The first-order chi connectivity index (χ1) is 22.9. The van der Waals surface area contributed by atoms with Gasteiger partial charge in [-0.05, 0) is 72.9 Å². The summed E-state index contributed by atoms with van der Waals surface area (Å²) >= 11 is 1.48. The van der Waals surface area contributed by atoms with Gasteiger partial charge in [0.25, 0.3) is 5.91 Å². The Bertz CT molecular complexity index is 1960. The highest BCUT2D eigenvalue weighted by molar-refractivity contribution is 7.21. The summed E-state index contributed by atoms with van der Waals surface area (Å²) in [5.74, 6) is -0.550. The number of aryl methyl sites for hydroxylation is 1. The van der Waals surface area contributed by atoms with Gasteiger partial charge in [-0.2, -0.15) is 0 Å². The summed E-state index contributed by atoms with van der Waals surface area (Å²) < 4.78 is 26.0. The maximum atomic E-state index is 13.5. The van der Waals surface area contributed by atoms with E-state index in [0.29, 0.717) is 44.1 Å². The molecule has 1 saturated heterocycles. The van der Waals surface area contributed by atoms with Crippen molar-refractivity contribution in [2.75, 3.05) is 19.8 Å². The smallest absolute Gasteiger partial charge is 0.255 e. The van der Waals surface area contributed by atoms with Gasteiger partial charge in [-0.25, -0.2) is 9.37 Å². The molecule has 1 fully saturated rings. The molecule has 238 valence electrons. The number of fused-ring (bicyclic) bond motifs is 2. The van der Waals surface area contributed by atoms with Gasteiger partial charge in [0.1, 0.15) is 29.2 Å². The first-order valence-corrected chi connectivity index (χ1v) is 16.3. The molecule has 0 radical (unpaired) electrons. The Morgan fingerprint density at radius 3 is 2.55 bits per heavy atom. The van der Waals surface area contributed by atoms with Crippen LogP contribution in [0.15, 0.2) is 79.0 Å². The molecule has 2 aromatic heterocycles. The molecule has 2 aliphatic heterocycles. The minimum Gasteiger partial charge on any atom is -0.491 e. The number of hydrogen-bond donors (Lipinski definition) is 1. The third-order valence-corrected chi connectivity index (χ3v) is 9.42. The number of nitrogens with zero attached hydrogens (tertiary/aromatic N) is 3. The van der Waals surface area contributed by atoms with E-state index < -0.39 is 11.9 Å². The maximum Gasteiger partial charge on any atom is 0.255 e. The van der Waals surface area contributed by atoms with Crippen molar-refractivity contribution in [2.24, 2.45) is 0 Å². The molecule has 9 nitrogen and oxygen atoms in total. The molecule has 11 heteroatoms. The lowest BCUT2D eigenvalue weighted by molar-refractivity contribution is -0.136. The number of imide groups is 1. The van der Waals surface area contributed by atoms with Crippen molar-refractivity contribution in [2.45, 2.75) is 38.3 Å². The number of hydrogen-bond acceptors (Lipinski definition) is 8. The zero-order valence-electron chi connectivity index (χ0n) is 25.4. The Morgan fingerprint density at radius 1 is 0.915 bits per heavy atom. The second-order valence-electron chi connectivity index (χ2n) is 11.5. The summed E-state index contributed by atoms with van der Waals surface area (Å²) in [6.45, 7) is 1.68. The van der Waals surface area contributed by atoms with Crippen molar-refractivity contribution in [3.63, 3.8) is 0 Å². The standard InChI is InChI=1S/C36H31FN4O5S/c37-26-8-12-30-32(19-26)47-35(39-30)23-5-3-22(4-6-23)24-7-9-27(38-20-24)2-1-15-45-16-17-46-28-10-11-29-25(18-28)21-41(36(29)44)31-13-14-33(42)40-34(31)43/h3-12,18-20,31H,1-2,13-17,21H2,(H,40,42,43). The van der Waals surface area contributed by atoms with Crippen LogP contribution in [0.1, 0.15) is 40.9 Å². The molecule has 3 aromatic carbocycles. The lowest BCUT2D eigenvalue weighted by atomic mass is 10.0. The van der Waals surface area contributed by atoms with E-state index in [1.54, 1.807) is 18.2 Å². The van der Waals surface area contributed by atoms with E-state index in [0.717, 1.165) is 56.0 Å². The van der Waals surface area contributed by atoms with Gasteiger partial charge in [0.05, 0.1) is 16.8 Å². The fraction of sp³-hybridized carbons (Fsp3) is 0.250. The second kappa shape index (κ2) is 13.4. The summed E-state index contributed by atoms with van der Waals surface area (Å²) in [5, 5.41) is 3.18. The average molecular weight is 651 g/mol. The van der Waals surface area contributed by atoms with Crippen molar-refractivity contribution < 1.29 is 28.2 Å². The van der Waals surface area contributed by atoms with Crippen LogP contribution >= 0.6 is 11.3 Å². The van der Waals surface area contributed by atoms with Crippen LogP contribution < -0.4 is 10.1 Å². The molecule has 1 unspecified atom stereocenters. The molecule has 0 saturated carbocycles. The molecule has 1 atom stereocenters. The van der Waals surface area contributed by atoms with E-state index in [1.807, 2.05) is 42.6 Å². The molecular formula is C36H31FN4O5S. The number of halogens is 1. The van der Waals surface area contributed by atoms with Crippen molar-refractivity contribution in [3.8, 4) is 27.4 Å². The number of amides is 3. The van der Waals surface area contributed by atoms with Gasteiger partial charge in [-0.3, -0.25) is 24.7 Å². The highest BCUT2D eigenvalue weighted by atomic mass is 32.1.